The number of rotatable bonds is 3. The summed E-state index contributed by atoms with van der Waals surface area (Å²) >= 11 is 0. The highest BCUT2D eigenvalue weighted by Gasteiger charge is 2.57. The molecule has 0 spiro atoms. The van der Waals surface area contributed by atoms with Gasteiger partial charge in [0.1, 0.15) is 12.9 Å². The van der Waals surface area contributed by atoms with Crippen molar-refractivity contribution < 1.29 is 14.4 Å². The van der Waals surface area contributed by atoms with Crippen LogP contribution in [-0.2, 0) is 11.3 Å². The minimum Gasteiger partial charge on any atom is -0.544 e. The van der Waals surface area contributed by atoms with E-state index in [2.05, 4.69) is 49.9 Å². The van der Waals surface area contributed by atoms with Crippen molar-refractivity contribution in [1.82, 2.24) is 0 Å². The van der Waals surface area contributed by atoms with E-state index in [1.807, 2.05) is 0 Å². The first-order chi connectivity index (χ1) is 12.7. The van der Waals surface area contributed by atoms with Crippen molar-refractivity contribution in [2.24, 2.45) is 22.4 Å². The molecule has 5 atom stereocenters. The maximum Gasteiger partial charge on any atom is 0.242 e. The van der Waals surface area contributed by atoms with Crippen molar-refractivity contribution in [3.05, 3.63) is 29.3 Å². The fourth-order valence-electron chi connectivity index (χ4n) is 6.08. The molecule has 4 nitrogen and oxygen atoms in total. The number of oxime groups is 1. The van der Waals surface area contributed by atoms with E-state index in [0.29, 0.717) is 18.3 Å². The quantitative estimate of drug-likeness (QED) is 0.602. The number of nitrogens with zero attached hydrogens (tertiary/aromatic N) is 1. The van der Waals surface area contributed by atoms with E-state index in [1.54, 1.807) is 7.11 Å². The third-order valence-corrected chi connectivity index (χ3v) is 7.90. The van der Waals surface area contributed by atoms with Crippen molar-refractivity contribution >= 4 is 14.0 Å². The van der Waals surface area contributed by atoms with E-state index < -0.39 is 8.32 Å². The summed E-state index contributed by atoms with van der Waals surface area (Å²) in [7, 11) is 0.0215. The minimum absolute atomic E-state index is 0.0189. The predicted molar refractivity (Wildman–Crippen MR) is 111 cm³/mol. The normalized spacial score (nSPS) is 36.7. The van der Waals surface area contributed by atoms with Gasteiger partial charge in [0.25, 0.3) is 0 Å². The summed E-state index contributed by atoms with van der Waals surface area (Å²) in [5.41, 5.74) is 3.98. The first-order valence-corrected chi connectivity index (χ1v) is 13.7. The fraction of sp³-hybridized carbons (Fsp3) is 0.682. The maximum absolute atomic E-state index is 10.9. The fourth-order valence-corrected chi connectivity index (χ4v) is 6.92. The number of hydrogen-bond donors (Lipinski definition) is 1. The zero-order valence-electron chi connectivity index (χ0n) is 17.3. The summed E-state index contributed by atoms with van der Waals surface area (Å²) in [5.74, 6) is 2.39. The van der Waals surface area contributed by atoms with Gasteiger partial charge in [0, 0.05) is 11.8 Å². The summed E-state index contributed by atoms with van der Waals surface area (Å²) in [4.78, 5) is 5.10. The van der Waals surface area contributed by atoms with Gasteiger partial charge in [0.2, 0.25) is 8.32 Å². The molecule has 1 aromatic carbocycles. The van der Waals surface area contributed by atoms with Gasteiger partial charge in [0.05, 0.1) is 11.8 Å². The molecule has 3 aliphatic carbocycles. The Morgan fingerprint density at radius 2 is 2.00 bits per heavy atom. The van der Waals surface area contributed by atoms with Crippen molar-refractivity contribution in [2.45, 2.75) is 70.7 Å². The number of aliphatic hydroxyl groups excluding tert-OH is 1. The van der Waals surface area contributed by atoms with Crippen LogP contribution in [0, 0.1) is 17.3 Å². The highest BCUT2D eigenvalue weighted by Crippen LogP contribution is 2.60. The zero-order chi connectivity index (χ0) is 19.4. The van der Waals surface area contributed by atoms with Gasteiger partial charge in [0.15, 0.2) is 0 Å². The standard InChI is InChI=1S/C22H33NO3Si/c1-22-11-10-17-16-9-7-15(26-27(3,4)5)12-14(16)6-8-18(17)21(22)19(24)13-20(22)23-25-2/h7,9,12,17-19,21,24H,6,8,10-11,13H2,1-5H3/b23-20+/t17-,18-,19?,21-,22-/m1/s1. The van der Waals surface area contributed by atoms with Crippen LogP contribution in [0.1, 0.15) is 49.7 Å². The minimum atomic E-state index is -1.59. The van der Waals surface area contributed by atoms with E-state index in [1.165, 1.54) is 11.1 Å². The molecule has 0 aliphatic heterocycles. The van der Waals surface area contributed by atoms with Crippen LogP contribution in [0.2, 0.25) is 19.6 Å². The SMILES string of the molecule is CO/N=C1\CC(O)[C@H]2[C@@H]3CCc4cc(O[Si](C)(C)C)ccc4[C@H]3CC[C@]12C. The van der Waals surface area contributed by atoms with Crippen LogP contribution in [0.5, 0.6) is 5.75 Å². The molecule has 1 N–H and O–H groups in total. The molecule has 0 aromatic heterocycles. The first-order valence-electron chi connectivity index (χ1n) is 10.3. The Balaban J connectivity index is 1.64. The molecular weight excluding hydrogens is 354 g/mol. The summed E-state index contributed by atoms with van der Waals surface area (Å²) < 4.78 is 6.22. The van der Waals surface area contributed by atoms with Crippen molar-refractivity contribution in [3.8, 4) is 5.75 Å². The average molecular weight is 388 g/mol. The van der Waals surface area contributed by atoms with Gasteiger partial charge in [-0.3, -0.25) is 0 Å². The van der Waals surface area contributed by atoms with Crippen LogP contribution in [0.15, 0.2) is 23.4 Å². The van der Waals surface area contributed by atoms with E-state index in [0.717, 1.165) is 37.1 Å². The molecule has 1 unspecified atom stereocenters. The Kier molecular flexibility index (Phi) is 4.66. The summed E-state index contributed by atoms with van der Waals surface area (Å²) in [6, 6.07) is 6.74. The molecule has 0 saturated heterocycles. The average Bonchev–Trinajstić information content (AvgIpc) is 2.84. The van der Waals surface area contributed by atoms with Crippen molar-refractivity contribution in [1.29, 1.82) is 0 Å². The lowest BCUT2D eigenvalue weighted by Crippen LogP contribution is -2.45. The number of aliphatic hydroxyl groups is 1. The zero-order valence-corrected chi connectivity index (χ0v) is 18.3. The maximum atomic E-state index is 10.9. The smallest absolute Gasteiger partial charge is 0.242 e. The lowest BCUT2D eigenvalue weighted by molar-refractivity contribution is 0.00215. The van der Waals surface area contributed by atoms with E-state index in [9.17, 15) is 5.11 Å². The van der Waals surface area contributed by atoms with Crippen molar-refractivity contribution in [3.63, 3.8) is 0 Å². The van der Waals surface area contributed by atoms with Gasteiger partial charge in [-0.2, -0.15) is 0 Å². The van der Waals surface area contributed by atoms with E-state index in [4.69, 9.17) is 9.26 Å². The van der Waals surface area contributed by atoms with Gasteiger partial charge in [-0.1, -0.05) is 18.1 Å². The van der Waals surface area contributed by atoms with E-state index in [-0.39, 0.29) is 17.4 Å². The Hall–Kier alpha value is -1.33. The largest absolute Gasteiger partial charge is 0.544 e. The van der Waals surface area contributed by atoms with Crippen molar-refractivity contribution in [2.75, 3.05) is 7.11 Å². The molecule has 5 heteroatoms. The molecule has 4 rings (SSSR count). The van der Waals surface area contributed by atoms with Crippen LogP contribution in [0.4, 0.5) is 0 Å². The lowest BCUT2D eigenvalue weighted by atomic mass is 9.55. The second kappa shape index (κ2) is 6.63. The van der Waals surface area contributed by atoms with Crippen LogP contribution < -0.4 is 4.43 Å². The molecular formula is C22H33NO3Si. The van der Waals surface area contributed by atoms with Crippen LogP contribution in [0.3, 0.4) is 0 Å². The highest BCUT2D eigenvalue weighted by atomic mass is 28.4. The molecule has 27 heavy (non-hydrogen) atoms. The summed E-state index contributed by atoms with van der Waals surface area (Å²) in [6.45, 7) is 8.98. The Labute approximate surface area is 164 Å². The number of fused-ring (bicyclic) bond motifs is 5. The van der Waals surface area contributed by atoms with Gasteiger partial charge in [-0.25, -0.2) is 0 Å². The van der Waals surface area contributed by atoms with Crippen LogP contribution in [-0.4, -0.2) is 32.3 Å². The second-order valence-electron chi connectivity index (χ2n) is 9.86. The molecule has 0 bridgehead atoms. The van der Waals surface area contributed by atoms with Gasteiger partial charge < -0.3 is 14.4 Å². The third-order valence-electron chi connectivity index (χ3n) is 7.05. The predicted octanol–water partition coefficient (Wildman–Crippen LogP) is 4.73. The third kappa shape index (κ3) is 3.23. The monoisotopic (exact) mass is 387 g/mol. The molecule has 0 amide bonds. The molecule has 2 fully saturated rings. The molecule has 148 valence electrons. The number of benzene rings is 1. The van der Waals surface area contributed by atoms with E-state index >= 15 is 0 Å². The van der Waals surface area contributed by atoms with Gasteiger partial charge in [-0.05, 0) is 86.3 Å². The van der Waals surface area contributed by atoms with Crippen LogP contribution >= 0.6 is 0 Å². The number of aryl methyl sites for hydroxylation is 1. The molecule has 3 aliphatic rings. The highest BCUT2D eigenvalue weighted by molar-refractivity contribution is 6.70. The first kappa shape index (κ1) is 19.0. The molecule has 2 saturated carbocycles. The lowest BCUT2D eigenvalue weighted by Gasteiger charge is -2.49. The molecule has 1 aromatic rings. The van der Waals surface area contributed by atoms with Gasteiger partial charge in [-0.15, -0.1) is 0 Å². The summed E-state index contributed by atoms with van der Waals surface area (Å²) in [5, 5.41) is 15.2. The molecule has 0 radical (unpaired) electrons. The van der Waals surface area contributed by atoms with Crippen LogP contribution in [0.25, 0.3) is 0 Å². The topological polar surface area (TPSA) is 51.0 Å². The van der Waals surface area contributed by atoms with Gasteiger partial charge >= 0.3 is 0 Å². The molecule has 0 heterocycles. The second-order valence-corrected chi connectivity index (χ2v) is 14.3. The Morgan fingerprint density at radius 1 is 1.22 bits per heavy atom. The number of hydrogen-bond acceptors (Lipinski definition) is 4. The summed E-state index contributed by atoms with van der Waals surface area (Å²) in [6.07, 6.45) is 4.82. The Bertz CT molecular complexity index is 756. The Morgan fingerprint density at radius 3 is 2.70 bits per heavy atom.